The van der Waals surface area contributed by atoms with Crippen molar-refractivity contribution < 1.29 is 0 Å². The molecular weight excluding hydrogens is 472 g/mol. The van der Waals surface area contributed by atoms with Crippen LogP contribution in [0.4, 0.5) is 0 Å². The molecule has 0 fully saturated rings. The van der Waals surface area contributed by atoms with Gasteiger partial charge in [-0.05, 0) is 90.6 Å². The Hall–Kier alpha value is -4.82. The Labute approximate surface area is 229 Å². The molecule has 0 saturated heterocycles. The largest absolute Gasteiger partial charge is 0.310 e. The number of nitrogens with zero attached hydrogens (tertiary/aromatic N) is 2. The highest BCUT2D eigenvalue weighted by Crippen LogP contribution is 2.35. The van der Waals surface area contributed by atoms with Crippen LogP contribution < -0.4 is 0 Å². The summed E-state index contributed by atoms with van der Waals surface area (Å²) in [6.45, 7) is 6.06. The molecule has 0 unspecified atom stereocenters. The number of aryl methyl sites for hydroxylation is 2. The molecule has 4 aromatic carbocycles. The zero-order valence-corrected chi connectivity index (χ0v) is 22.1. The summed E-state index contributed by atoms with van der Waals surface area (Å²) in [7, 11) is 0. The first-order chi connectivity index (χ1) is 19.2. The fourth-order valence-electron chi connectivity index (χ4n) is 6.13. The van der Waals surface area contributed by atoms with Crippen molar-refractivity contribution in [3.63, 3.8) is 0 Å². The van der Waals surface area contributed by atoms with Gasteiger partial charge in [-0.3, -0.25) is 0 Å². The van der Waals surface area contributed by atoms with Gasteiger partial charge < -0.3 is 9.13 Å². The van der Waals surface area contributed by atoms with E-state index in [4.69, 9.17) is 0 Å². The van der Waals surface area contributed by atoms with Gasteiger partial charge in [-0.15, -0.1) is 0 Å². The predicted octanol–water partition coefficient (Wildman–Crippen LogP) is 9.71. The highest BCUT2D eigenvalue weighted by Gasteiger charge is 2.18. The van der Waals surface area contributed by atoms with Crippen molar-refractivity contribution in [1.29, 1.82) is 0 Å². The molecule has 0 aliphatic heterocycles. The Kier molecular flexibility index (Phi) is 5.67. The highest BCUT2D eigenvalue weighted by atomic mass is 15.0. The maximum absolute atomic E-state index is 3.86. The minimum absolute atomic E-state index is 1.10. The van der Waals surface area contributed by atoms with E-state index in [1.807, 2.05) is 12.2 Å². The number of fused-ring (bicyclic) bond motifs is 4. The van der Waals surface area contributed by atoms with E-state index in [1.54, 1.807) is 0 Å². The van der Waals surface area contributed by atoms with E-state index < -0.39 is 0 Å². The summed E-state index contributed by atoms with van der Waals surface area (Å²) in [5.74, 6) is 0. The molecule has 2 heteroatoms. The zero-order chi connectivity index (χ0) is 26.3. The first kappa shape index (κ1) is 23.3. The summed E-state index contributed by atoms with van der Waals surface area (Å²) in [6.07, 6.45) is 12.8. The summed E-state index contributed by atoms with van der Waals surface area (Å²) in [4.78, 5) is 0. The second kappa shape index (κ2) is 9.49. The average Bonchev–Trinajstić information content (AvgIpc) is 3.48. The van der Waals surface area contributed by atoms with Crippen molar-refractivity contribution >= 4 is 34.0 Å². The SMILES string of the molecule is C=C/C=C\c1c(C)c2ccccc2n1-c1ccc(-c2ccc(-n3c4c(c5ccccc53)CCC=C4)cc2)cc1. The van der Waals surface area contributed by atoms with E-state index in [2.05, 4.69) is 138 Å². The highest BCUT2D eigenvalue weighted by molar-refractivity contribution is 5.91. The molecule has 7 rings (SSSR count). The van der Waals surface area contributed by atoms with E-state index >= 15 is 0 Å². The molecule has 0 amide bonds. The topological polar surface area (TPSA) is 9.86 Å². The van der Waals surface area contributed by atoms with Crippen LogP contribution in [-0.2, 0) is 6.42 Å². The zero-order valence-electron chi connectivity index (χ0n) is 22.1. The Balaban J connectivity index is 1.26. The lowest BCUT2D eigenvalue weighted by atomic mass is 10.0. The van der Waals surface area contributed by atoms with Gasteiger partial charge in [-0.1, -0.05) is 85.5 Å². The van der Waals surface area contributed by atoms with Crippen molar-refractivity contribution in [3.8, 4) is 22.5 Å². The molecule has 188 valence electrons. The minimum Gasteiger partial charge on any atom is -0.310 e. The van der Waals surface area contributed by atoms with Crippen LogP contribution in [0.2, 0.25) is 0 Å². The fraction of sp³-hybridized carbons (Fsp3) is 0.0811. The maximum atomic E-state index is 3.86. The fourth-order valence-corrected chi connectivity index (χ4v) is 6.13. The van der Waals surface area contributed by atoms with Gasteiger partial charge in [-0.25, -0.2) is 0 Å². The molecule has 6 aromatic rings. The Morgan fingerprint density at radius 3 is 1.95 bits per heavy atom. The van der Waals surface area contributed by atoms with Crippen molar-refractivity contribution in [2.24, 2.45) is 0 Å². The number of aromatic nitrogens is 2. The predicted molar refractivity (Wildman–Crippen MR) is 167 cm³/mol. The van der Waals surface area contributed by atoms with Crippen LogP contribution in [-0.4, -0.2) is 9.13 Å². The molecule has 0 bridgehead atoms. The molecule has 39 heavy (non-hydrogen) atoms. The third-order valence-electron chi connectivity index (χ3n) is 8.01. The standard InChI is InChI=1S/C37H30N2/c1-3-4-14-34-26(2)31-11-5-8-15-35(31)38(34)29-22-18-27(19-23-29)28-20-24-30(25-21-28)39-36-16-9-6-12-32(36)33-13-7-10-17-37(33)39/h3-6,8-12,14-25H,1,7,13H2,2H3/b14-4-. The molecule has 2 aromatic heterocycles. The van der Waals surface area contributed by atoms with E-state index in [9.17, 15) is 0 Å². The van der Waals surface area contributed by atoms with Crippen molar-refractivity contribution in [1.82, 2.24) is 9.13 Å². The van der Waals surface area contributed by atoms with Crippen LogP contribution in [0.5, 0.6) is 0 Å². The summed E-state index contributed by atoms with van der Waals surface area (Å²) >= 11 is 0. The Morgan fingerprint density at radius 1 is 0.692 bits per heavy atom. The van der Waals surface area contributed by atoms with Crippen LogP contribution in [0.15, 0.2) is 122 Å². The van der Waals surface area contributed by atoms with Crippen molar-refractivity contribution in [2.45, 2.75) is 19.8 Å². The Bertz CT molecular complexity index is 1910. The lowest BCUT2D eigenvalue weighted by molar-refractivity contribution is 0.967. The van der Waals surface area contributed by atoms with Crippen molar-refractivity contribution in [2.75, 3.05) is 0 Å². The molecule has 2 heterocycles. The second-order valence-electron chi connectivity index (χ2n) is 10.2. The maximum Gasteiger partial charge on any atom is 0.0537 e. The normalized spacial score (nSPS) is 12.9. The van der Waals surface area contributed by atoms with Gasteiger partial charge >= 0.3 is 0 Å². The monoisotopic (exact) mass is 502 g/mol. The molecule has 1 aliphatic rings. The first-order valence-corrected chi connectivity index (χ1v) is 13.6. The smallest absolute Gasteiger partial charge is 0.0537 e. The number of benzene rings is 4. The summed E-state index contributed by atoms with van der Waals surface area (Å²) in [5.41, 5.74) is 12.5. The van der Waals surface area contributed by atoms with Gasteiger partial charge in [0.15, 0.2) is 0 Å². The number of rotatable bonds is 5. The van der Waals surface area contributed by atoms with Gasteiger partial charge in [0.25, 0.3) is 0 Å². The minimum atomic E-state index is 1.10. The lowest BCUT2D eigenvalue weighted by Crippen LogP contribution is -2.00. The molecule has 0 N–H and O–H groups in total. The number of hydrogen-bond acceptors (Lipinski definition) is 0. The Morgan fingerprint density at radius 2 is 1.28 bits per heavy atom. The van der Waals surface area contributed by atoms with Crippen molar-refractivity contribution in [3.05, 3.63) is 144 Å². The van der Waals surface area contributed by atoms with Gasteiger partial charge in [0, 0.05) is 33.5 Å². The quantitative estimate of drug-likeness (QED) is 0.208. The molecule has 0 spiro atoms. The van der Waals surface area contributed by atoms with Crippen LogP contribution >= 0.6 is 0 Å². The molecule has 0 saturated carbocycles. The summed E-state index contributed by atoms with van der Waals surface area (Å²) in [5, 5.41) is 2.64. The molecular formula is C37H30N2. The van der Waals surface area contributed by atoms with Gasteiger partial charge in [0.1, 0.15) is 0 Å². The molecule has 2 nitrogen and oxygen atoms in total. The average molecular weight is 503 g/mol. The molecule has 0 radical (unpaired) electrons. The van der Waals surface area contributed by atoms with Crippen LogP contribution in [0, 0.1) is 6.92 Å². The van der Waals surface area contributed by atoms with E-state index in [0.717, 1.165) is 18.5 Å². The van der Waals surface area contributed by atoms with Crippen LogP contribution in [0.1, 0.15) is 28.9 Å². The molecule has 1 aliphatic carbocycles. The summed E-state index contributed by atoms with van der Waals surface area (Å²) in [6, 6.07) is 35.3. The molecule has 0 atom stereocenters. The first-order valence-electron chi connectivity index (χ1n) is 13.6. The van der Waals surface area contributed by atoms with Gasteiger partial charge in [-0.2, -0.15) is 0 Å². The third-order valence-corrected chi connectivity index (χ3v) is 8.01. The summed E-state index contributed by atoms with van der Waals surface area (Å²) < 4.78 is 4.75. The number of para-hydroxylation sites is 2. The van der Waals surface area contributed by atoms with Crippen LogP contribution in [0.25, 0.3) is 56.5 Å². The lowest BCUT2D eigenvalue weighted by Gasteiger charge is -2.13. The second-order valence-corrected chi connectivity index (χ2v) is 10.2. The van der Waals surface area contributed by atoms with E-state index in [1.165, 1.54) is 61.1 Å². The van der Waals surface area contributed by atoms with E-state index in [-0.39, 0.29) is 0 Å². The van der Waals surface area contributed by atoms with Gasteiger partial charge in [0.05, 0.1) is 11.0 Å². The van der Waals surface area contributed by atoms with Gasteiger partial charge in [0.2, 0.25) is 0 Å². The van der Waals surface area contributed by atoms with E-state index in [0.29, 0.717) is 0 Å². The third kappa shape index (κ3) is 3.80. The van der Waals surface area contributed by atoms with Crippen LogP contribution in [0.3, 0.4) is 0 Å². The number of allylic oxidation sites excluding steroid dienone is 3. The number of hydrogen-bond donors (Lipinski definition) is 0.